The maximum Gasteiger partial charge on any atom is 0.324 e. The molecule has 0 aliphatic heterocycles. The number of carbonyl (C=O) groups excluding carboxylic acids is 1. The summed E-state index contributed by atoms with van der Waals surface area (Å²) in [5, 5.41) is 12.0. The molecule has 27 heavy (non-hydrogen) atoms. The summed E-state index contributed by atoms with van der Waals surface area (Å²) in [6, 6.07) is 10.9. The van der Waals surface area contributed by atoms with Crippen LogP contribution in [0.3, 0.4) is 0 Å². The Kier molecular flexibility index (Phi) is 5.04. The van der Waals surface area contributed by atoms with E-state index in [1.165, 1.54) is 24.8 Å². The molecular weight excluding hydrogens is 364 g/mol. The molecule has 1 aromatic carbocycles. The van der Waals surface area contributed by atoms with Crippen LogP contribution in [0, 0.1) is 17.3 Å². The standard InChI is InChI=1S/C21H28O5S/c1-19(2,27-26-25-23)18(22)24-14-20-9-15-8-16(10-20)12-21(11-15,13-20)17-6-4-3-5-7-17/h3-7,15-16,23H,8-14H2,1-2H3. The van der Waals surface area contributed by atoms with Crippen molar-refractivity contribution in [1.29, 1.82) is 0 Å². The number of benzene rings is 1. The SMILES string of the molecule is CC(C)(SOOO)C(=O)OCC12CC3CC(C1)CC(c1ccccc1)(C3)C2. The lowest BCUT2D eigenvalue weighted by molar-refractivity contribution is -0.432. The lowest BCUT2D eigenvalue weighted by Gasteiger charge is -2.62. The van der Waals surface area contributed by atoms with Crippen LogP contribution in [0.5, 0.6) is 0 Å². The molecule has 5 nitrogen and oxygen atoms in total. The number of hydrogen-bond acceptors (Lipinski definition) is 6. The fourth-order valence-electron chi connectivity index (χ4n) is 6.28. The van der Waals surface area contributed by atoms with Crippen molar-refractivity contribution in [2.24, 2.45) is 17.3 Å². The molecule has 4 aliphatic rings. The summed E-state index contributed by atoms with van der Waals surface area (Å²) >= 11 is 0.753. The molecule has 0 spiro atoms. The Morgan fingerprint density at radius 3 is 2.48 bits per heavy atom. The normalized spacial score (nSPS) is 34.6. The van der Waals surface area contributed by atoms with E-state index in [4.69, 9.17) is 9.99 Å². The van der Waals surface area contributed by atoms with Gasteiger partial charge in [-0.15, -0.1) is 4.33 Å². The highest BCUT2D eigenvalue weighted by Gasteiger charge is 2.58. The Bertz CT molecular complexity index is 675. The lowest BCUT2D eigenvalue weighted by Crippen LogP contribution is -2.55. The average Bonchev–Trinajstić information content (AvgIpc) is 2.64. The zero-order valence-corrected chi connectivity index (χ0v) is 16.8. The molecule has 0 amide bonds. The molecule has 1 aromatic rings. The molecule has 4 fully saturated rings. The van der Waals surface area contributed by atoms with Crippen LogP contribution in [-0.4, -0.2) is 22.6 Å². The number of esters is 1. The first kappa shape index (κ1) is 19.2. The number of carbonyl (C=O) groups is 1. The van der Waals surface area contributed by atoms with Crippen LogP contribution in [0.2, 0.25) is 0 Å². The van der Waals surface area contributed by atoms with Crippen LogP contribution in [0.25, 0.3) is 0 Å². The van der Waals surface area contributed by atoms with Crippen molar-refractivity contribution < 1.29 is 24.2 Å². The van der Waals surface area contributed by atoms with E-state index < -0.39 is 4.75 Å². The van der Waals surface area contributed by atoms with E-state index >= 15 is 0 Å². The summed E-state index contributed by atoms with van der Waals surface area (Å²) < 4.78 is 9.31. The molecule has 0 aromatic heterocycles. The summed E-state index contributed by atoms with van der Waals surface area (Å²) in [7, 11) is 0. The Hall–Kier alpha value is -1.08. The van der Waals surface area contributed by atoms with Gasteiger partial charge in [-0.25, -0.2) is 5.26 Å². The maximum absolute atomic E-state index is 12.6. The molecule has 2 atom stereocenters. The van der Waals surface area contributed by atoms with Crippen LogP contribution in [0.1, 0.15) is 57.9 Å². The van der Waals surface area contributed by atoms with Crippen LogP contribution in [0.4, 0.5) is 0 Å². The largest absolute Gasteiger partial charge is 0.464 e. The van der Waals surface area contributed by atoms with E-state index in [1.54, 1.807) is 13.8 Å². The molecule has 148 valence electrons. The molecular formula is C21H28O5S. The number of hydrogen-bond donors (Lipinski definition) is 1. The molecule has 0 radical (unpaired) electrons. The van der Waals surface area contributed by atoms with Gasteiger partial charge in [-0.2, -0.15) is 0 Å². The number of rotatable bonds is 7. The second-order valence-corrected chi connectivity index (χ2v) is 10.7. The lowest BCUT2D eigenvalue weighted by atomic mass is 9.43. The fraction of sp³-hybridized carbons (Fsp3) is 0.667. The summed E-state index contributed by atoms with van der Waals surface area (Å²) in [6.07, 6.45) is 7.30. The van der Waals surface area contributed by atoms with Gasteiger partial charge in [0, 0.05) is 5.41 Å². The molecule has 4 bridgehead atoms. The first-order chi connectivity index (χ1) is 12.9. The zero-order valence-electron chi connectivity index (χ0n) is 16.0. The van der Waals surface area contributed by atoms with E-state index in [9.17, 15) is 4.79 Å². The Balaban J connectivity index is 1.49. The first-order valence-electron chi connectivity index (χ1n) is 9.75. The van der Waals surface area contributed by atoms with Crippen LogP contribution in [-0.2, 0) is 24.3 Å². The summed E-state index contributed by atoms with van der Waals surface area (Å²) in [4.78, 5) is 12.6. The maximum atomic E-state index is 12.6. The minimum atomic E-state index is -0.942. The highest BCUT2D eigenvalue weighted by molar-refractivity contribution is 7.96. The van der Waals surface area contributed by atoms with E-state index in [1.807, 2.05) is 0 Å². The smallest absolute Gasteiger partial charge is 0.324 e. The van der Waals surface area contributed by atoms with Crippen molar-refractivity contribution in [2.75, 3.05) is 6.61 Å². The Morgan fingerprint density at radius 1 is 1.19 bits per heavy atom. The van der Waals surface area contributed by atoms with Gasteiger partial charge in [0.05, 0.1) is 18.6 Å². The second kappa shape index (κ2) is 7.07. The van der Waals surface area contributed by atoms with Crippen molar-refractivity contribution in [3.63, 3.8) is 0 Å². The molecule has 4 aliphatic carbocycles. The summed E-state index contributed by atoms with van der Waals surface area (Å²) in [6.45, 7) is 3.87. The Labute approximate surface area is 164 Å². The highest BCUT2D eigenvalue weighted by atomic mass is 32.2. The Morgan fingerprint density at radius 2 is 1.85 bits per heavy atom. The summed E-state index contributed by atoms with van der Waals surface area (Å²) in [5.41, 5.74) is 1.79. The van der Waals surface area contributed by atoms with Gasteiger partial charge in [0.25, 0.3) is 0 Å². The molecule has 2 unspecified atom stereocenters. The van der Waals surface area contributed by atoms with Crippen molar-refractivity contribution in [3.05, 3.63) is 35.9 Å². The first-order valence-corrected chi connectivity index (χ1v) is 10.5. The van der Waals surface area contributed by atoms with Crippen molar-refractivity contribution >= 4 is 18.0 Å². The molecule has 4 saturated carbocycles. The van der Waals surface area contributed by atoms with Crippen molar-refractivity contribution in [3.8, 4) is 0 Å². The molecule has 5 rings (SSSR count). The number of ether oxygens (including phenoxy) is 1. The molecule has 0 heterocycles. The minimum absolute atomic E-state index is 0.0880. The van der Waals surface area contributed by atoms with Gasteiger partial charge in [0.15, 0.2) is 0 Å². The fourth-order valence-corrected chi connectivity index (χ4v) is 6.60. The summed E-state index contributed by atoms with van der Waals surface area (Å²) in [5.74, 6) is 1.13. The third-order valence-corrected chi connectivity index (χ3v) is 7.55. The highest BCUT2D eigenvalue weighted by Crippen LogP contribution is 2.65. The minimum Gasteiger partial charge on any atom is -0.464 e. The van der Waals surface area contributed by atoms with Gasteiger partial charge in [-0.1, -0.05) is 35.4 Å². The predicted octanol–water partition coefficient (Wildman–Crippen LogP) is 4.92. The average molecular weight is 393 g/mol. The van der Waals surface area contributed by atoms with Gasteiger partial charge in [0.1, 0.15) is 4.75 Å². The van der Waals surface area contributed by atoms with Gasteiger partial charge >= 0.3 is 5.97 Å². The molecule has 0 saturated heterocycles. The van der Waals surface area contributed by atoms with Gasteiger partial charge in [-0.05, 0) is 75.2 Å². The second-order valence-electron chi connectivity index (χ2n) is 9.42. The van der Waals surface area contributed by atoms with E-state index in [0.717, 1.165) is 43.1 Å². The monoisotopic (exact) mass is 392 g/mol. The topological polar surface area (TPSA) is 65.0 Å². The van der Waals surface area contributed by atoms with Crippen molar-refractivity contribution in [2.45, 2.75) is 62.5 Å². The van der Waals surface area contributed by atoms with E-state index in [0.29, 0.717) is 6.61 Å². The third kappa shape index (κ3) is 3.65. The molecule has 6 heteroatoms. The van der Waals surface area contributed by atoms with Crippen LogP contribution in [0.15, 0.2) is 30.3 Å². The van der Waals surface area contributed by atoms with Gasteiger partial charge in [-0.3, -0.25) is 4.79 Å². The van der Waals surface area contributed by atoms with Crippen LogP contribution >= 0.6 is 12.0 Å². The van der Waals surface area contributed by atoms with Gasteiger partial charge < -0.3 is 4.74 Å². The predicted molar refractivity (Wildman–Crippen MR) is 103 cm³/mol. The zero-order chi connectivity index (χ0) is 19.1. The van der Waals surface area contributed by atoms with E-state index in [-0.39, 0.29) is 16.8 Å². The van der Waals surface area contributed by atoms with Crippen LogP contribution < -0.4 is 0 Å². The van der Waals surface area contributed by atoms with Gasteiger partial charge in [0.2, 0.25) is 0 Å². The van der Waals surface area contributed by atoms with Crippen molar-refractivity contribution in [1.82, 2.24) is 0 Å². The third-order valence-electron chi connectivity index (χ3n) is 6.84. The van der Waals surface area contributed by atoms with E-state index in [2.05, 4.69) is 39.7 Å². The quantitative estimate of drug-likeness (QED) is 0.308. The molecule has 1 N–H and O–H groups in total.